The van der Waals surface area contributed by atoms with Crippen molar-refractivity contribution < 1.29 is 5.11 Å². The van der Waals surface area contributed by atoms with Gasteiger partial charge >= 0.3 is 0 Å². The zero-order valence-corrected chi connectivity index (χ0v) is 9.70. The van der Waals surface area contributed by atoms with Gasteiger partial charge in [0, 0.05) is 18.4 Å². The van der Waals surface area contributed by atoms with E-state index in [0.717, 1.165) is 19.4 Å². The van der Waals surface area contributed by atoms with Crippen molar-refractivity contribution >= 4 is 11.8 Å². The molecule has 0 heterocycles. The van der Waals surface area contributed by atoms with Crippen LogP contribution in [0.15, 0.2) is 0 Å². The number of hydrogen-bond acceptors (Lipinski definition) is 3. The van der Waals surface area contributed by atoms with Gasteiger partial charge in [0.2, 0.25) is 0 Å². The normalized spacial score (nSPS) is 13.2. The maximum atomic E-state index is 8.58. The minimum atomic E-state index is 0.335. The van der Waals surface area contributed by atoms with Crippen molar-refractivity contribution in [2.24, 2.45) is 0 Å². The molecule has 0 aliphatic rings. The zero-order chi connectivity index (χ0) is 9.94. The quantitative estimate of drug-likeness (QED) is 0.564. The molecule has 0 aromatic rings. The third-order valence-corrected chi connectivity index (χ3v) is 2.86. The largest absolute Gasteiger partial charge is 0.396 e. The monoisotopic (exact) mass is 205 g/mol. The van der Waals surface area contributed by atoms with Crippen LogP contribution in [0, 0.1) is 0 Å². The van der Waals surface area contributed by atoms with Crippen molar-refractivity contribution in [2.45, 2.75) is 38.6 Å². The Bertz CT molecular complexity index is 101. The molecule has 2 N–H and O–H groups in total. The number of thioether (sulfide) groups is 1. The molecule has 0 spiro atoms. The standard InChI is InChI=1S/C10H23NOS/c1-3-10(9-13-2)11-7-5-4-6-8-12/h10-12H,3-9H2,1-2H3. The highest BCUT2D eigenvalue weighted by Crippen LogP contribution is 2.01. The number of hydrogen-bond donors (Lipinski definition) is 2. The van der Waals surface area contributed by atoms with E-state index >= 15 is 0 Å². The van der Waals surface area contributed by atoms with Crippen molar-refractivity contribution in [2.75, 3.05) is 25.2 Å². The first-order chi connectivity index (χ1) is 6.35. The van der Waals surface area contributed by atoms with Gasteiger partial charge in [0.15, 0.2) is 0 Å². The molecule has 0 aromatic carbocycles. The van der Waals surface area contributed by atoms with Crippen LogP contribution in [-0.4, -0.2) is 36.3 Å². The second-order valence-corrected chi connectivity index (χ2v) is 4.21. The topological polar surface area (TPSA) is 32.3 Å². The Morgan fingerprint density at radius 2 is 2.08 bits per heavy atom. The highest BCUT2D eigenvalue weighted by Gasteiger charge is 2.02. The van der Waals surface area contributed by atoms with E-state index in [4.69, 9.17) is 5.11 Å². The van der Waals surface area contributed by atoms with Crippen LogP contribution in [0.5, 0.6) is 0 Å². The van der Waals surface area contributed by atoms with E-state index < -0.39 is 0 Å². The molecule has 0 fully saturated rings. The van der Waals surface area contributed by atoms with E-state index in [0.29, 0.717) is 12.6 Å². The van der Waals surface area contributed by atoms with Crippen molar-refractivity contribution in [3.05, 3.63) is 0 Å². The molecular formula is C10H23NOS. The molecule has 13 heavy (non-hydrogen) atoms. The Kier molecular flexibility index (Phi) is 10.6. The fraction of sp³-hybridized carbons (Fsp3) is 1.00. The SMILES string of the molecule is CCC(CSC)NCCCCCO. The number of unbranched alkanes of at least 4 members (excludes halogenated alkanes) is 2. The van der Waals surface area contributed by atoms with E-state index in [-0.39, 0.29) is 0 Å². The van der Waals surface area contributed by atoms with Crippen LogP contribution in [0.3, 0.4) is 0 Å². The molecule has 0 saturated heterocycles. The average Bonchev–Trinajstić information content (AvgIpc) is 2.16. The Morgan fingerprint density at radius 3 is 2.62 bits per heavy atom. The first-order valence-electron chi connectivity index (χ1n) is 5.18. The minimum absolute atomic E-state index is 0.335. The molecule has 1 unspecified atom stereocenters. The second kappa shape index (κ2) is 10.4. The van der Waals surface area contributed by atoms with Gasteiger partial charge in [-0.2, -0.15) is 11.8 Å². The summed E-state index contributed by atoms with van der Waals surface area (Å²) in [7, 11) is 0. The lowest BCUT2D eigenvalue weighted by Gasteiger charge is -2.15. The van der Waals surface area contributed by atoms with Crippen molar-refractivity contribution in [1.29, 1.82) is 0 Å². The highest BCUT2D eigenvalue weighted by atomic mass is 32.2. The highest BCUT2D eigenvalue weighted by molar-refractivity contribution is 7.98. The van der Waals surface area contributed by atoms with Crippen LogP contribution in [0.25, 0.3) is 0 Å². The fourth-order valence-corrected chi connectivity index (χ4v) is 2.00. The van der Waals surface area contributed by atoms with Crippen LogP contribution in [0.1, 0.15) is 32.6 Å². The van der Waals surface area contributed by atoms with Crippen LogP contribution in [-0.2, 0) is 0 Å². The van der Waals surface area contributed by atoms with Gasteiger partial charge < -0.3 is 10.4 Å². The Morgan fingerprint density at radius 1 is 1.31 bits per heavy atom. The predicted molar refractivity (Wildman–Crippen MR) is 61.4 cm³/mol. The molecule has 0 radical (unpaired) electrons. The number of nitrogens with one attached hydrogen (secondary N) is 1. The fourth-order valence-electron chi connectivity index (χ4n) is 1.24. The molecule has 0 amide bonds. The third-order valence-electron chi connectivity index (χ3n) is 2.13. The summed E-state index contributed by atoms with van der Waals surface area (Å²) in [5.74, 6) is 1.20. The molecule has 0 aliphatic heterocycles. The van der Waals surface area contributed by atoms with Gasteiger partial charge in [-0.25, -0.2) is 0 Å². The van der Waals surface area contributed by atoms with Crippen molar-refractivity contribution in [3.63, 3.8) is 0 Å². The van der Waals surface area contributed by atoms with Crippen molar-refractivity contribution in [3.8, 4) is 0 Å². The van der Waals surface area contributed by atoms with Crippen LogP contribution in [0.2, 0.25) is 0 Å². The lowest BCUT2D eigenvalue weighted by atomic mass is 10.2. The van der Waals surface area contributed by atoms with E-state index in [1.54, 1.807) is 0 Å². The number of rotatable bonds is 9. The summed E-state index contributed by atoms with van der Waals surface area (Å²) in [5.41, 5.74) is 0. The van der Waals surface area contributed by atoms with Crippen molar-refractivity contribution in [1.82, 2.24) is 5.32 Å². The van der Waals surface area contributed by atoms with Gasteiger partial charge in [0.25, 0.3) is 0 Å². The summed E-state index contributed by atoms with van der Waals surface area (Å²) in [6.07, 6.45) is 6.63. The Labute approximate surface area is 86.5 Å². The van der Waals surface area contributed by atoms with E-state index in [1.807, 2.05) is 11.8 Å². The zero-order valence-electron chi connectivity index (χ0n) is 8.88. The lowest BCUT2D eigenvalue weighted by molar-refractivity contribution is 0.282. The molecule has 0 saturated carbocycles. The molecule has 3 heteroatoms. The van der Waals surface area contributed by atoms with Gasteiger partial charge in [0.05, 0.1) is 0 Å². The molecule has 0 bridgehead atoms. The first kappa shape index (κ1) is 13.3. The van der Waals surface area contributed by atoms with Crippen LogP contribution in [0.4, 0.5) is 0 Å². The summed E-state index contributed by atoms with van der Waals surface area (Å²) < 4.78 is 0. The summed E-state index contributed by atoms with van der Waals surface area (Å²) in [6.45, 7) is 3.66. The maximum absolute atomic E-state index is 8.58. The minimum Gasteiger partial charge on any atom is -0.396 e. The molecule has 0 aromatic heterocycles. The number of aliphatic hydroxyl groups is 1. The summed E-state index contributed by atoms with van der Waals surface area (Å²) in [6, 6.07) is 0.670. The van der Waals surface area contributed by atoms with E-state index in [1.165, 1.54) is 18.6 Å². The van der Waals surface area contributed by atoms with Gasteiger partial charge in [-0.3, -0.25) is 0 Å². The van der Waals surface area contributed by atoms with Gasteiger partial charge in [-0.1, -0.05) is 6.92 Å². The predicted octanol–water partition coefficient (Wildman–Crippen LogP) is 1.88. The summed E-state index contributed by atoms with van der Waals surface area (Å²) in [5, 5.41) is 12.1. The smallest absolute Gasteiger partial charge is 0.0431 e. The molecule has 1 atom stereocenters. The summed E-state index contributed by atoms with van der Waals surface area (Å²) in [4.78, 5) is 0. The van der Waals surface area contributed by atoms with Gasteiger partial charge in [0.1, 0.15) is 0 Å². The molecular weight excluding hydrogens is 182 g/mol. The van der Waals surface area contributed by atoms with Gasteiger partial charge in [-0.05, 0) is 38.5 Å². The second-order valence-electron chi connectivity index (χ2n) is 3.30. The summed E-state index contributed by atoms with van der Waals surface area (Å²) >= 11 is 1.90. The number of aliphatic hydroxyl groups excluding tert-OH is 1. The molecule has 2 nitrogen and oxygen atoms in total. The molecule has 0 rings (SSSR count). The maximum Gasteiger partial charge on any atom is 0.0431 e. The van der Waals surface area contributed by atoms with Gasteiger partial charge in [-0.15, -0.1) is 0 Å². The average molecular weight is 205 g/mol. The van der Waals surface area contributed by atoms with Crippen LogP contribution < -0.4 is 5.32 Å². The third kappa shape index (κ3) is 8.60. The first-order valence-corrected chi connectivity index (χ1v) is 6.57. The molecule has 80 valence electrons. The molecule has 0 aliphatic carbocycles. The van der Waals surface area contributed by atoms with E-state index in [9.17, 15) is 0 Å². The Hall–Kier alpha value is 0.270. The Balaban J connectivity index is 3.17. The van der Waals surface area contributed by atoms with E-state index in [2.05, 4.69) is 18.5 Å². The lowest BCUT2D eigenvalue weighted by Crippen LogP contribution is -2.31. The van der Waals surface area contributed by atoms with Crippen LogP contribution >= 0.6 is 11.8 Å².